The average Bonchev–Trinajstić information content (AvgIpc) is 2.38. The maximum atomic E-state index is 12.4. The minimum atomic E-state index is -0.590. The third-order valence-electron chi connectivity index (χ3n) is 3.46. The molecule has 2 atom stereocenters. The molecule has 0 bridgehead atoms. The van der Waals surface area contributed by atoms with E-state index in [-0.39, 0.29) is 30.2 Å². The van der Waals surface area contributed by atoms with Gasteiger partial charge in [0.05, 0.1) is 0 Å². The fourth-order valence-electron chi connectivity index (χ4n) is 2.43. The number of oxime groups is 1. The van der Waals surface area contributed by atoms with Gasteiger partial charge in [0.1, 0.15) is 5.92 Å². The van der Waals surface area contributed by atoms with Crippen LogP contribution >= 0.6 is 0 Å². The monoisotopic (exact) mass is 257 g/mol. The molecule has 4 N–H and O–H groups in total. The number of amidine groups is 1. The molecule has 1 fully saturated rings. The number of hydrogen-bond acceptors (Lipinski definition) is 4. The second-order valence-corrected chi connectivity index (χ2v) is 5.22. The van der Waals surface area contributed by atoms with E-state index < -0.39 is 5.92 Å². The Balaban J connectivity index is 2.77. The molecule has 0 spiro atoms. The van der Waals surface area contributed by atoms with Gasteiger partial charge in [0.15, 0.2) is 5.84 Å². The molecule has 0 aromatic heterocycles. The maximum Gasteiger partial charge on any atom is 0.233 e. The van der Waals surface area contributed by atoms with Crippen molar-refractivity contribution in [2.75, 3.05) is 19.7 Å². The van der Waals surface area contributed by atoms with Crippen molar-refractivity contribution in [3.05, 3.63) is 0 Å². The highest BCUT2D eigenvalue weighted by molar-refractivity contribution is 6.02. The number of nitrogens with zero attached hydrogens (tertiary/aromatic N) is 2. The van der Waals surface area contributed by atoms with E-state index in [9.17, 15) is 4.79 Å². The Morgan fingerprint density at radius 3 is 2.72 bits per heavy atom. The van der Waals surface area contributed by atoms with E-state index >= 15 is 0 Å². The van der Waals surface area contributed by atoms with Crippen LogP contribution in [0.5, 0.6) is 0 Å². The number of nitrogens with two attached hydrogens (primary N) is 1. The smallest absolute Gasteiger partial charge is 0.233 e. The third-order valence-corrected chi connectivity index (χ3v) is 3.46. The summed E-state index contributed by atoms with van der Waals surface area (Å²) in [6.45, 7) is 5.07. The van der Waals surface area contributed by atoms with Crippen molar-refractivity contribution in [1.82, 2.24) is 4.90 Å². The molecule has 1 amide bonds. The Bertz CT molecular complexity index is 318. The molecule has 18 heavy (non-hydrogen) atoms. The standard InChI is InChI=1S/C12H23N3O3/c1-8(2)10(11(13)14-18)12(17)15-5-3-4-9(6-15)7-16/h8-10,16,18H,3-7H2,1-2H3,(H2,13,14). The molecular formula is C12H23N3O3. The van der Waals surface area contributed by atoms with Crippen LogP contribution < -0.4 is 5.73 Å². The van der Waals surface area contributed by atoms with Gasteiger partial charge in [-0.05, 0) is 24.7 Å². The number of amides is 1. The molecule has 6 heteroatoms. The lowest BCUT2D eigenvalue weighted by Gasteiger charge is -2.34. The summed E-state index contributed by atoms with van der Waals surface area (Å²) < 4.78 is 0. The van der Waals surface area contributed by atoms with Crippen molar-refractivity contribution in [3.8, 4) is 0 Å². The van der Waals surface area contributed by atoms with E-state index in [2.05, 4.69) is 5.16 Å². The predicted molar refractivity (Wildman–Crippen MR) is 68.1 cm³/mol. The zero-order chi connectivity index (χ0) is 13.7. The number of aliphatic hydroxyl groups is 1. The number of hydrogen-bond donors (Lipinski definition) is 3. The van der Waals surface area contributed by atoms with E-state index in [1.165, 1.54) is 0 Å². The Morgan fingerprint density at radius 2 is 2.22 bits per heavy atom. The van der Waals surface area contributed by atoms with Crippen LogP contribution in [0.4, 0.5) is 0 Å². The van der Waals surface area contributed by atoms with Gasteiger partial charge in [-0.3, -0.25) is 4.79 Å². The van der Waals surface area contributed by atoms with Crippen LogP contribution in [0.2, 0.25) is 0 Å². The van der Waals surface area contributed by atoms with Gasteiger partial charge in [-0.25, -0.2) is 0 Å². The number of carbonyl (C=O) groups is 1. The molecule has 2 unspecified atom stereocenters. The molecule has 0 saturated carbocycles. The molecule has 1 rings (SSSR count). The van der Waals surface area contributed by atoms with Gasteiger partial charge >= 0.3 is 0 Å². The van der Waals surface area contributed by atoms with E-state index in [0.29, 0.717) is 13.1 Å². The van der Waals surface area contributed by atoms with Gasteiger partial charge < -0.3 is 20.9 Å². The first-order chi connectivity index (χ1) is 8.51. The van der Waals surface area contributed by atoms with Crippen LogP contribution in [0.15, 0.2) is 5.16 Å². The molecule has 6 nitrogen and oxygen atoms in total. The highest BCUT2D eigenvalue weighted by Gasteiger charge is 2.33. The summed E-state index contributed by atoms with van der Waals surface area (Å²) in [7, 11) is 0. The van der Waals surface area contributed by atoms with Crippen LogP contribution in [0.25, 0.3) is 0 Å². The zero-order valence-electron chi connectivity index (χ0n) is 11.0. The molecule has 0 aromatic carbocycles. The van der Waals surface area contributed by atoms with Crippen molar-refractivity contribution in [2.24, 2.45) is 28.6 Å². The van der Waals surface area contributed by atoms with E-state index in [4.69, 9.17) is 16.0 Å². The highest BCUT2D eigenvalue weighted by Crippen LogP contribution is 2.21. The molecule has 1 aliphatic rings. The number of rotatable bonds is 4. The summed E-state index contributed by atoms with van der Waals surface area (Å²) in [4.78, 5) is 14.1. The number of aliphatic hydroxyl groups excluding tert-OH is 1. The van der Waals surface area contributed by atoms with Crippen molar-refractivity contribution in [1.29, 1.82) is 0 Å². The molecule has 1 saturated heterocycles. The molecule has 1 aliphatic heterocycles. The van der Waals surface area contributed by atoms with Crippen LogP contribution in [0, 0.1) is 17.8 Å². The van der Waals surface area contributed by atoms with Gasteiger partial charge in [0.2, 0.25) is 5.91 Å². The summed E-state index contributed by atoms with van der Waals surface area (Å²) in [5.41, 5.74) is 5.60. The van der Waals surface area contributed by atoms with Crippen molar-refractivity contribution < 1.29 is 15.1 Å². The summed E-state index contributed by atoms with van der Waals surface area (Å²) >= 11 is 0. The lowest BCUT2D eigenvalue weighted by molar-refractivity contribution is -0.136. The largest absolute Gasteiger partial charge is 0.409 e. The first-order valence-corrected chi connectivity index (χ1v) is 6.38. The fraction of sp³-hybridized carbons (Fsp3) is 0.833. The zero-order valence-corrected chi connectivity index (χ0v) is 11.0. The van der Waals surface area contributed by atoms with Crippen molar-refractivity contribution >= 4 is 11.7 Å². The van der Waals surface area contributed by atoms with Gasteiger partial charge in [0, 0.05) is 19.7 Å². The molecular weight excluding hydrogens is 234 g/mol. The Labute approximate surface area is 107 Å². The minimum absolute atomic E-state index is 0.0251. The summed E-state index contributed by atoms with van der Waals surface area (Å²) in [6, 6.07) is 0. The summed E-state index contributed by atoms with van der Waals surface area (Å²) in [6.07, 6.45) is 1.83. The van der Waals surface area contributed by atoms with Crippen LogP contribution in [0.3, 0.4) is 0 Å². The normalized spacial score (nSPS) is 23.2. The topological polar surface area (TPSA) is 99.2 Å². The molecule has 0 aliphatic carbocycles. The number of carbonyl (C=O) groups excluding carboxylic acids is 1. The Hall–Kier alpha value is -1.30. The molecule has 0 aromatic rings. The van der Waals surface area contributed by atoms with Gasteiger partial charge in [-0.15, -0.1) is 0 Å². The molecule has 1 heterocycles. The summed E-state index contributed by atoms with van der Waals surface area (Å²) in [5.74, 6) is -0.627. The van der Waals surface area contributed by atoms with Gasteiger partial charge in [0.25, 0.3) is 0 Å². The van der Waals surface area contributed by atoms with Crippen molar-refractivity contribution in [2.45, 2.75) is 26.7 Å². The van der Waals surface area contributed by atoms with Gasteiger partial charge in [-0.1, -0.05) is 19.0 Å². The quantitative estimate of drug-likeness (QED) is 0.291. The maximum absolute atomic E-state index is 12.4. The lowest BCUT2D eigenvalue weighted by atomic mass is 9.91. The number of piperidine rings is 1. The van der Waals surface area contributed by atoms with E-state index in [1.807, 2.05) is 13.8 Å². The second kappa shape index (κ2) is 6.58. The molecule has 104 valence electrons. The minimum Gasteiger partial charge on any atom is -0.409 e. The molecule has 0 radical (unpaired) electrons. The van der Waals surface area contributed by atoms with E-state index in [1.54, 1.807) is 4.90 Å². The van der Waals surface area contributed by atoms with Crippen molar-refractivity contribution in [3.63, 3.8) is 0 Å². The van der Waals surface area contributed by atoms with E-state index in [0.717, 1.165) is 12.8 Å². The third kappa shape index (κ3) is 3.35. The average molecular weight is 257 g/mol. The number of likely N-dealkylation sites (tertiary alicyclic amines) is 1. The van der Waals surface area contributed by atoms with Crippen LogP contribution in [-0.2, 0) is 4.79 Å². The fourth-order valence-corrected chi connectivity index (χ4v) is 2.43. The first kappa shape index (κ1) is 14.8. The SMILES string of the molecule is CC(C)C(C(=O)N1CCCC(CO)C1)/C(N)=N/O. The highest BCUT2D eigenvalue weighted by atomic mass is 16.4. The Morgan fingerprint density at radius 1 is 1.56 bits per heavy atom. The lowest BCUT2D eigenvalue weighted by Crippen LogP contribution is -2.48. The van der Waals surface area contributed by atoms with Gasteiger partial charge in [-0.2, -0.15) is 0 Å². The predicted octanol–water partition coefficient (Wildman–Crippen LogP) is 0.236. The Kier molecular flexibility index (Phi) is 5.40. The first-order valence-electron chi connectivity index (χ1n) is 6.38. The summed E-state index contributed by atoms with van der Waals surface area (Å²) in [5, 5.41) is 20.9. The van der Waals surface area contributed by atoms with Crippen LogP contribution in [-0.4, -0.2) is 46.7 Å². The van der Waals surface area contributed by atoms with Crippen LogP contribution in [0.1, 0.15) is 26.7 Å². The second-order valence-electron chi connectivity index (χ2n) is 5.22.